The van der Waals surface area contributed by atoms with E-state index in [0.29, 0.717) is 25.9 Å². The molecule has 6 nitrogen and oxygen atoms in total. The van der Waals surface area contributed by atoms with Crippen LogP contribution in [0.2, 0.25) is 5.02 Å². The largest absolute Gasteiger partial charge is 0.382 e. The van der Waals surface area contributed by atoms with Crippen LogP contribution < -0.4 is 15.5 Å². The third-order valence-electron chi connectivity index (χ3n) is 4.20. The van der Waals surface area contributed by atoms with Crippen LogP contribution in [-0.2, 0) is 9.47 Å². The number of rotatable bonds is 10. The molecule has 1 atom stereocenters. The van der Waals surface area contributed by atoms with Crippen LogP contribution in [0.25, 0.3) is 0 Å². The number of hydrogen-bond acceptors (Lipinski definition) is 4. The Kier molecular flexibility index (Phi) is 12.8. The molecular formula is C19H32ClIN4O2. The molecule has 1 aromatic carbocycles. The van der Waals surface area contributed by atoms with Gasteiger partial charge in [-0.05, 0) is 38.0 Å². The number of anilines is 1. The highest BCUT2D eigenvalue weighted by Crippen LogP contribution is 2.23. The van der Waals surface area contributed by atoms with Crippen molar-refractivity contribution in [1.82, 2.24) is 10.6 Å². The monoisotopic (exact) mass is 510 g/mol. The molecule has 27 heavy (non-hydrogen) atoms. The summed E-state index contributed by atoms with van der Waals surface area (Å²) >= 11 is 6.11. The number of ether oxygens (including phenoxy) is 2. The minimum atomic E-state index is 0. The first-order valence-corrected chi connectivity index (χ1v) is 9.72. The predicted octanol–water partition coefficient (Wildman–Crippen LogP) is 3.14. The summed E-state index contributed by atoms with van der Waals surface area (Å²) in [5.74, 6) is 0.877. The summed E-state index contributed by atoms with van der Waals surface area (Å²) in [4.78, 5) is 7.01. The van der Waals surface area contributed by atoms with Crippen LogP contribution in [0.4, 0.5) is 5.69 Å². The summed E-state index contributed by atoms with van der Waals surface area (Å²) in [5, 5.41) is 7.65. The molecule has 0 amide bonds. The van der Waals surface area contributed by atoms with Gasteiger partial charge in [-0.25, -0.2) is 0 Å². The van der Waals surface area contributed by atoms with Gasteiger partial charge in [-0.15, -0.1) is 24.0 Å². The van der Waals surface area contributed by atoms with Crippen LogP contribution in [0.1, 0.15) is 19.8 Å². The average Bonchev–Trinajstić information content (AvgIpc) is 3.09. The molecule has 2 N–H and O–H groups in total. The Morgan fingerprint density at radius 1 is 1.33 bits per heavy atom. The lowest BCUT2D eigenvalue weighted by atomic mass is 10.2. The van der Waals surface area contributed by atoms with Crippen LogP contribution in [-0.4, -0.2) is 65.1 Å². The topological polar surface area (TPSA) is 58.1 Å². The third-order valence-corrected chi connectivity index (χ3v) is 4.43. The van der Waals surface area contributed by atoms with Crippen molar-refractivity contribution in [2.45, 2.75) is 25.8 Å². The van der Waals surface area contributed by atoms with Crippen LogP contribution in [0.5, 0.6) is 0 Å². The van der Waals surface area contributed by atoms with Gasteiger partial charge in [0.25, 0.3) is 0 Å². The van der Waals surface area contributed by atoms with E-state index < -0.39 is 0 Å². The Bertz CT molecular complexity index is 562. The quantitative estimate of drug-likeness (QED) is 0.219. The fourth-order valence-corrected chi connectivity index (χ4v) is 3.09. The number of nitrogens with zero attached hydrogens (tertiary/aromatic N) is 2. The summed E-state index contributed by atoms with van der Waals surface area (Å²) < 4.78 is 10.4. The summed E-state index contributed by atoms with van der Waals surface area (Å²) in [6.45, 7) is 7.62. The van der Waals surface area contributed by atoms with Crippen molar-refractivity contribution in [3.8, 4) is 0 Å². The number of benzene rings is 1. The smallest absolute Gasteiger partial charge is 0.191 e. The third kappa shape index (κ3) is 9.32. The summed E-state index contributed by atoms with van der Waals surface area (Å²) in [6, 6.07) is 8.42. The highest BCUT2D eigenvalue weighted by Gasteiger charge is 2.23. The molecule has 2 rings (SSSR count). The highest BCUT2D eigenvalue weighted by molar-refractivity contribution is 14.0. The molecular weight excluding hydrogens is 479 g/mol. The van der Waals surface area contributed by atoms with E-state index >= 15 is 0 Å². The van der Waals surface area contributed by atoms with Crippen LogP contribution in [0.15, 0.2) is 29.3 Å². The Hall–Kier alpha value is -0.770. The molecule has 0 saturated carbocycles. The van der Waals surface area contributed by atoms with Crippen molar-refractivity contribution >= 4 is 47.2 Å². The van der Waals surface area contributed by atoms with Crippen molar-refractivity contribution in [1.29, 1.82) is 0 Å². The second-order valence-corrected chi connectivity index (χ2v) is 6.71. The van der Waals surface area contributed by atoms with Gasteiger partial charge in [0.1, 0.15) is 0 Å². The first kappa shape index (κ1) is 24.3. The van der Waals surface area contributed by atoms with E-state index in [-0.39, 0.29) is 24.0 Å². The SMILES string of the molecule is CCNC(=NCCCOCCOC)NC1CCN(c2cccc(Cl)c2)C1.I. The van der Waals surface area contributed by atoms with Crippen molar-refractivity contribution in [2.24, 2.45) is 4.99 Å². The van der Waals surface area contributed by atoms with Crippen LogP contribution in [0, 0.1) is 0 Å². The lowest BCUT2D eigenvalue weighted by molar-refractivity contribution is 0.0702. The highest BCUT2D eigenvalue weighted by atomic mass is 127. The van der Waals surface area contributed by atoms with Crippen molar-refractivity contribution in [3.05, 3.63) is 29.3 Å². The zero-order chi connectivity index (χ0) is 18.6. The molecule has 0 spiro atoms. The fraction of sp³-hybridized carbons (Fsp3) is 0.632. The minimum Gasteiger partial charge on any atom is -0.382 e. The van der Waals surface area contributed by atoms with E-state index in [1.54, 1.807) is 7.11 Å². The zero-order valence-corrected chi connectivity index (χ0v) is 19.3. The molecule has 1 fully saturated rings. The fourth-order valence-electron chi connectivity index (χ4n) is 2.90. The number of hydrogen-bond donors (Lipinski definition) is 2. The maximum Gasteiger partial charge on any atom is 0.191 e. The van der Waals surface area contributed by atoms with E-state index in [9.17, 15) is 0 Å². The number of guanidine groups is 1. The Morgan fingerprint density at radius 3 is 2.93 bits per heavy atom. The van der Waals surface area contributed by atoms with E-state index in [2.05, 4.69) is 33.5 Å². The van der Waals surface area contributed by atoms with Gasteiger partial charge < -0.3 is 25.0 Å². The zero-order valence-electron chi connectivity index (χ0n) is 16.2. The molecule has 0 aliphatic carbocycles. The van der Waals surface area contributed by atoms with E-state index in [0.717, 1.165) is 50.0 Å². The molecule has 1 heterocycles. The van der Waals surface area contributed by atoms with Gasteiger partial charge in [-0.1, -0.05) is 17.7 Å². The normalized spacial score (nSPS) is 16.9. The molecule has 154 valence electrons. The number of halogens is 2. The molecule has 1 unspecified atom stereocenters. The Morgan fingerprint density at radius 2 is 2.19 bits per heavy atom. The maximum atomic E-state index is 6.11. The van der Waals surface area contributed by atoms with Gasteiger partial charge >= 0.3 is 0 Å². The molecule has 8 heteroatoms. The molecule has 1 aromatic rings. The molecule has 1 aliphatic heterocycles. The Balaban J connectivity index is 0.00000364. The molecule has 0 bridgehead atoms. The Labute approximate surface area is 185 Å². The van der Waals surface area contributed by atoms with Gasteiger partial charge in [0.2, 0.25) is 0 Å². The number of nitrogens with one attached hydrogen (secondary N) is 2. The summed E-state index contributed by atoms with van der Waals surface area (Å²) in [5.41, 5.74) is 1.18. The second kappa shape index (κ2) is 14.3. The van der Waals surface area contributed by atoms with Crippen molar-refractivity contribution in [2.75, 3.05) is 58.0 Å². The van der Waals surface area contributed by atoms with Crippen LogP contribution in [0.3, 0.4) is 0 Å². The number of methoxy groups -OCH3 is 1. The average molecular weight is 511 g/mol. The second-order valence-electron chi connectivity index (χ2n) is 6.28. The van der Waals surface area contributed by atoms with E-state index in [1.165, 1.54) is 5.69 Å². The predicted molar refractivity (Wildman–Crippen MR) is 124 cm³/mol. The van der Waals surface area contributed by atoms with Gasteiger partial charge in [0, 0.05) is 56.6 Å². The van der Waals surface area contributed by atoms with Crippen molar-refractivity contribution < 1.29 is 9.47 Å². The molecule has 0 radical (unpaired) electrons. The summed E-state index contributed by atoms with van der Waals surface area (Å²) in [6.07, 6.45) is 1.98. The summed E-state index contributed by atoms with van der Waals surface area (Å²) in [7, 11) is 1.68. The van der Waals surface area contributed by atoms with E-state index in [1.807, 2.05) is 18.2 Å². The van der Waals surface area contributed by atoms with Crippen LogP contribution >= 0.6 is 35.6 Å². The molecule has 1 saturated heterocycles. The van der Waals surface area contributed by atoms with Crippen molar-refractivity contribution in [3.63, 3.8) is 0 Å². The first-order chi connectivity index (χ1) is 12.7. The van der Waals surface area contributed by atoms with Gasteiger partial charge in [-0.2, -0.15) is 0 Å². The number of aliphatic imine (C=N–C) groups is 1. The van der Waals surface area contributed by atoms with Gasteiger partial charge in [-0.3, -0.25) is 4.99 Å². The van der Waals surface area contributed by atoms with Gasteiger partial charge in [0.05, 0.1) is 13.2 Å². The lowest BCUT2D eigenvalue weighted by Gasteiger charge is -2.20. The van der Waals surface area contributed by atoms with E-state index in [4.69, 9.17) is 21.1 Å². The first-order valence-electron chi connectivity index (χ1n) is 9.35. The maximum absolute atomic E-state index is 6.11. The molecule has 1 aliphatic rings. The molecule has 0 aromatic heterocycles. The minimum absolute atomic E-state index is 0. The van der Waals surface area contributed by atoms with Gasteiger partial charge in [0.15, 0.2) is 5.96 Å². The lowest BCUT2D eigenvalue weighted by Crippen LogP contribution is -2.44. The standard InChI is InChI=1S/C19H31ClN4O2.HI/c1-3-21-19(22-9-5-11-26-13-12-25-2)23-17-8-10-24(15-17)18-7-4-6-16(20)14-18;/h4,6-7,14,17H,3,5,8-13,15H2,1-2H3,(H2,21,22,23);1H.